The van der Waals surface area contributed by atoms with Gasteiger partial charge >= 0.3 is 0 Å². The van der Waals surface area contributed by atoms with Gasteiger partial charge in [-0.2, -0.15) is 0 Å². The molecular weight excluding hydrogens is 500 g/mol. The van der Waals surface area contributed by atoms with Crippen molar-refractivity contribution >= 4 is 0 Å². The summed E-state index contributed by atoms with van der Waals surface area (Å²) in [5, 5.41) is 0. The molecule has 0 heterocycles. The number of hydrogen-bond acceptors (Lipinski definition) is 2. The van der Waals surface area contributed by atoms with Gasteiger partial charge in [-0.1, -0.05) is 154 Å². The SMILES string of the molecule is CCCCCCCCC=CCCCCCCCCOCC(C)OCCCCCCCCC=CCCCCCCCC. The van der Waals surface area contributed by atoms with Gasteiger partial charge in [0, 0.05) is 13.2 Å². The maximum atomic E-state index is 5.95. The fourth-order valence-corrected chi connectivity index (χ4v) is 5.38. The van der Waals surface area contributed by atoms with Crippen LogP contribution in [0, 0.1) is 0 Å². The Hall–Kier alpha value is -0.600. The average molecular weight is 577 g/mol. The Kier molecular flexibility index (Phi) is 36.9. The Bertz CT molecular complexity index is 512. The Labute approximate surface area is 259 Å². The van der Waals surface area contributed by atoms with E-state index in [1.165, 1.54) is 180 Å². The number of unbranched alkanes of at least 4 members (excludes halogenated alkanes) is 24. The van der Waals surface area contributed by atoms with Gasteiger partial charge in [0.05, 0.1) is 12.7 Å². The van der Waals surface area contributed by atoms with Gasteiger partial charge in [-0.3, -0.25) is 0 Å². The first-order valence-corrected chi connectivity index (χ1v) is 18.8. The van der Waals surface area contributed by atoms with E-state index in [4.69, 9.17) is 9.47 Å². The molecule has 0 N–H and O–H groups in total. The highest BCUT2D eigenvalue weighted by Crippen LogP contribution is 2.12. The van der Waals surface area contributed by atoms with Crippen molar-refractivity contribution in [3.8, 4) is 0 Å². The third-order valence-electron chi connectivity index (χ3n) is 8.21. The predicted octanol–water partition coefficient (Wildman–Crippen LogP) is 13.5. The lowest BCUT2D eigenvalue weighted by Crippen LogP contribution is -2.17. The molecule has 41 heavy (non-hydrogen) atoms. The van der Waals surface area contributed by atoms with Gasteiger partial charge in [-0.15, -0.1) is 0 Å². The van der Waals surface area contributed by atoms with E-state index >= 15 is 0 Å². The quantitative estimate of drug-likeness (QED) is 0.0552. The minimum Gasteiger partial charge on any atom is -0.379 e. The van der Waals surface area contributed by atoms with Gasteiger partial charge in [0.2, 0.25) is 0 Å². The summed E-state index contributed by atoms with van der Waals surface area (Å²) in [5.41, 5.74) is 0. The fraction of sp³-hybridized carbons (Fsp3) is 0.897. The summed E-state index contributed by atoms with van der Waals surface area (Å²) < 4.78 is 11.8. The lowest BCUT2D eigenvalue weighted by atomic mass is 10.1. The molecule has 1 atom stereocenters. The molecule has 0 fully saturated rings. The molecule has 0 rings (SSSR count). The van der Waals surface area contributed by atoms with Crippen LogP contribution >= 0.6 is 0 Å². The molecule has 0 spiro atoms. The van der Waals surface area contributed by atoms with E-state index in [2.05, 4.69) is 45.1 Å². The molecule has 0 aromatic rings. The lowest BCUT2D eigenvalue weighted by molar-refractivity contribution is -0.00869. The van der Waals surface area contributed by atoms with Crippen molar-refractivity contribution in [3.63, 3.8) is 0 Å². The molecule has 244 valence electrons. The molecule has 0 saturated carbocycles. The van der Waals surface area contributed by atoms with Crippen molar-refractivity contribution in [2.45, 2.75) is 207 Å². The highest BCUT2D eigenvalue weighted by Gasteiger charge is 2.02. The van der Waals surface area contributed by atoms with Crippen LogP contribution in [0.25, 0.3) is 0 Å². The summed E-state index contributed by atoms with van der Waals surface area (Å²) >= 11 is 0. The van der Waals surface area contributed by atoms with Crippen LogP contribution in [0.15, 0.2) is 24.3 Å². The van der Waals surface area contributed by atoms with E-state index in [0.29, 0.717) is 0 Å². The monoisotopic (exact) mass is 577 g/mol. The number of allylic oxidation sites excluding steroid dienone is 4. The summed E-state index contributed by atoms with van der Waals surface area (Å²) in [5.74, 6) is 0. The van der Waals surface area contributed by atoms with E-state index in [-0.39, 0.29) is 6.10 Å². The first-order chi connectivity index (χ1) is 20.3. The van der Waals surface area contributed by atoms with Crippen LogP contribution in [0.3, 0.4) is 0 Å². The van der Waals surface area contributed by atoms with E-state index in [1.54, 1.807) is 0 Å². The lowest BCUT2D eigenvalue weighted by Gasteiger charge is -2.13. The van der Waals surface area contributed by atoms with Crippen LogP contribution in [0.1, 0.15) is 201 Å². The zero-order valence-corrected chi connectivity index (χ0v) is 28.6. The van der Waals surface area contributed by atoms with E-state index in [1.807, 2.05) is 0 Å². The van der Waals surface area contributed by atoms with Crippen LogP contribution in [0.5, 0.6) is 0 Å². The summed E-state index contributed by atoms with van der Waals surface area (Å²) in [4.78, 5) is 0. The molecule has 0 bridgehead atoms. The fourth-order valence-electron chi connectivity index (χ4n) is 5.38. The van der Waals surface area contributed by atoms with Gasteiger partial charge in [0.1, 0.15) is 0 Å². The molecule has 1 unspecified atom stereocenters. The zero-order chi connectivity index (χ0) is 29.7. The molecule has 0 amide bonds. The number of hydrogen-bond donors (Lipinski definition) is 0. The second-order valence-electron chi connectivity index (χ2n) is 12.6. The third-order valence-corrected chi connectivity index (χ3v) is 8.21. The van der Waals surface area contributed by atoms with Gasteiger partial charge < -0.3 is 9.47 Å². The normalized spacial score (nSPS) is 12.8. The Morgan fingerprint density at radius 1 is 0.390 bits per heavy atom. The number of ether oxygens (including phenoxy) is 2. The van der Waals surface area contributed by atoms with Crippen molar-refractivity contribution in [2.24, 2.45) is 0 Å². The van der Waals surface area contributed by atoms with Crippen LogP contribution in [-0.2, 0) is 9.47 Å². The summed E-state index contributed by atoms with van der Waals surface area (Å²) in [7, 11) is 0. The number of rotatable bonds is 35. The standard InChI is InChI=1S/C39H76O2/c1-4-6-8-10-12-14-16-18-20-22-24-26-28-30-32-34-36-40-38-39(3)41-37-35-33-31-29-27-25-23-21-19-17-15-13-11-9-7-5-2/h18-21,39H,4-17,22-38H2,1-3H3. The van der Waals surface area contributed by atoms with Gasteiger partial charge in [0.15, 0.2) is 0 Å². The molecule has 0 radical (unpaired) electrons. The second-order valence-corrected chi connectivity index (χ2v) is 12.6. The molecule has 2 heteroatoms. The Morgan fingerprint density at radius 2 is 0.707 bits per heavy atom. The molecule has 0 aromatic heterocycles. The maximum Gasteiger partial charge on any atom is 0.0780 e. The average Bonchev–Trinajstić information content (AvgIpc) is 2.98. The van der Waals surface area contributed by atoms with Crippen LogP contribution < -0.4 is 0 Å². The third kappa shape index (κ3) is 37.4. The van der Waals surface area contributed by atoms with Crippen molar-refractivity contribution in [1.29, 1.82) is 0 Å². The predicted molar refractivity (Wildman–Crippen MR) is 185 cm³/mol. The smallest absolute Gasteiger partial charge is 0.0780 e. The minimum atomic E-state index is 0.229. The van der Waals surface area contributed by atoms with E-state index in [9.17, 15) is 0 Å². The van der Waals surface area contributed by atoms with Gasteiger partial charge in [-0.05, 0) is 71.1 Å². The molecule has 0 aliphatic heterocycles. The molecule has 0 aliphatic rings. The van der Waals surface area contributed by atoms with Crippen LogP contribution in [-0.4, -0.2) is 25.9 Å². The first-order valence-electron chi connectivity index (χ1n) is 18.8. The summed E-state index contributed by atoms with van der Waals surface area (Å²) in [6, 6.07) is 0. The highest BCUT2D eigenvalue weighted by atomic mass is 16.5. The summed E-state index contributed by atoms with van der Waals surface area (Å²) in [6.45, 7) is 9.26. The molecule has 0 saturated heterocycles. The summed E-state index contributed by atoms with van der Waals surface area (Å²) in [6.07, 6.45) is 47.8. The van der Waals surface area contributed by atoms with Crippen molar-refractivity contribution < 1.29 is 9.47 Å². The molecule has 2 nitrogen and oxygen atoms in total. The zero-order valence-electron chi connectivity index (χ0n) is 28.6. The minimum absolute atomic E-state index is 0.229. The Morgan fingerprint density at radius 3 is 1.10 bits per heavy atom. The molecule has 0 aromatic carbocycles. The van der Waals surface area contributed by atoms with Crippen LogP contribution in [0.2, 0.25) is 0 Å². The molecule has 0 aliphatic carbocycles. The van der Waals surface area contributed by atoms with E-state index < -0.39 is 0 Å². The molecular formula is C39H76O2. The highest BCUT2D eigenvalue weighted by molar-refractivity contribution is 4.82. The topological polar surface area (TPSA) is 18.5 Å². The van der Waals surface area contributed by atoms with Crippen molar-refractivity contribution in [3.05, 3.63) is 24.3 Å². The van der Waals surface area contributed by atoms with Crippen molar-refractivity contribution in [2.75, 3.05) is 19.8 Å². The van der Waals surface area contributed by atoms with Gasteiger partial charge in [0.25, 0.3) is 0 Å². The Balaban J connectivity index is 3.21. The first kappa shape index (κ1) is 40.4. The van der Waals surface area contributed by atoms with E-state index in [0.717, 1.165) is 19.8 Å². The van der Waals surface area contributed by atoms with Crippen molar-refractivity contribution in [1.82, 2.24) is 0 Å². The largest absolute Gasteiger partial charge is 0.379 e. The maximum absolute atomic E-state index is 5.95. The second kappa shape index (κ2) is 37.4. The van der Waals surface area contributed by atoms with Crippen LogP contribution in [0.4, 0.5) is 0 Å². The van der Waals surface area contributed by atoms with Gasteiger partial charge in [-0.25, -0.2) is 0 Å².